The molecule has 0 atom stereocenters. The first-order chi connectivity index (χ1) is 5.82. The van der Waals surface area contributed by atoms with Gasteiger partial charge in [0.2, 0.25) is 0 Å². The first kappa shape index (κ1) is 10.1. The highest BCUT2D eigenvalue weighted by molar-refractivity contribution is 5.10. The first-order valence-electron chi connectivity index (χ1n) is 4.64. The van der Waals surface area contributed by atoms with Crippen molar-refractivity contribution >= 4 is 0 Å². The second-order valence-corrected chi connectivity index (χ2v) is 4.72. The number of nitrogens with zero attached hydrogens (tertiary/aromatic N) is 1. The molecule has 0 aromatic carbocycles. The summed E-state index contributed by atoms with van der Waals surface area (Å²) in [4.78, 5) is 11.5. The van der Waals surface area contributed by atoms with Gasteiger partial charge in [-0.1, -0.05) is 13.8 Å². The summed E-state index contributed by atoms with van der Waals surface area (Å²) in [7, 11) is 0. The average molecular weight is 182 g/mol. The fourth-order valence-corrected chi connectivity index (χ4v) is 1.18. The highest BCUT2D eigenvalue weighted by atomic mass is 16.1. The zero-order chi connectivity index (χ0) is 10.2. The Hall–Kier alpha value is -0.990. The number of aromatic amines is 1. The summed E-state index contributed by atoms with van der Waals surface area (Å²) in [6.07, 6.45) is 1.91. The van der Waals surface area contributed by atoms with Crippen LogP contribution in [0.25, 0.3) is 0 Å². The van der Waals surface area contributed by atoms with E-state index >= 15 is 0 Å². The van der Waals surface area contributed by atoms with Crippen LogP contribution in [-0.4, -0.2) is 9.78 Å². The van der Waals surface area contributed by atoms with Crippen molar-refractivity contribution in [3.63, 3.8) is 0 Å². The Morgan fingerprint density at radius 2 is 1.92 bits per heavy atom. The fourth-order valence-electron chi connectivity index (χ4n) is 1.18. The molecule has 0 radical (unpaired) electrons. The summed E-state index contributed by atoms with van der Waals surface area (Å²) < 4.78 is 1.87. The maximum Gasteiger partial charge on any atom is 0.267 e. The van der Waals surface area contributed by atoms with Gasteiger partial charge in [-0.05, 0) is 26.7 Å². The standard InChI is InChI=1S/C10H18N2O/c1-7(2)8-6-12(10(3,4)5)11-9(8)13/h6-7H,1-5H3,(H,11,13). The molecule has 0 aliphatic carbocycles. The summed E-state index contributed by atoms with van der Waals surface area (Å²) in [5.41, 5.74) is 0.839. The van der Waals surface area contributed by atoms with Gasteiger partial charge in [0.25, 0.3) is 5.56 Å². The van der Waals surface area contributed by atoms with Gasteiger partial charge in [0, 0.05) is 11.8 Å². The molecule has 74 valence electrons. The summed E-state index contributed by atoms with van der Waals surface area (Å²) in [6.45, 7) is 10.2. The van der Waals surface area contributed by atoms with Gasteiger partial charge < -0.3 is 0 Å². The van der Waals surface area contributed by atoms with E-state index in [0.717, 1.165) is 5.56 Å². The molecule has 0 unspecified atom stereocenters. The lowest BCUT2D eigenvalue weighted by molar-refractivity contribution is 0.353. The van der Waals surface area contributed by atoms with Gasteiger partial charge in [-0.15, -0.1) is 0 Å². The quantitative estimate of drug-likeness (QED) is 0.709. The Balaban J connectivity index is 3.18. The van der Waals surface area contributed by atoms with Crippen LogP contribution >= 0.6 is 0 Å². The summed E-state index contributed by atoms with van der Waals surface area (Å²) in [6, 6.07) is 0. The van der Waals surface area contributed by atoms with E-state index in [-0.39, 0.29) is 17.0 Å². The third-order valence-corrected chi connectivity index (χ3v) is 2.10. The van der Waals surface area contributed by atoms with Crippen LogP contribution in [0.3, 0.4) is 0 Å². The van der Waals surface area contributed by atoms with Gasteiger partial charge in [-0.25, -0.2) is 0 Å². The molecule has 3 heteroatoms. The lowest BCUT2D eigenvalue weighted by atomic mass is 10.1. The minimum Gasteiger partial charge on any atom is -0.287 e. The van der Waals surface area contributed by atoms with Crippen molar-refractivity contribution in [3.8, 4) is 0 Å². The van der Waals surface area contributed by atoms with Crippen LogP contribution < -0.4 is 5.56 Å². The van der Waals surface area contributed by atoms with Crippen molar-refractivity contribution in [2.45, 2.75) is 46.1 Å². The third kappa shape index (κ3) is 2.02. The maximum atomic E-state index is 11.5. The molecule has 0 aliphatic heterocycles. The Bertz CT molecular complexity index is 339. The summed E-state index contributed by atoms with van der Waals surface area (Å²) in [5.74, 6) is 0.285. The van der Waals surface area contributed by atoms with E-state index in [1.807, 2.05) is 24.7 Å². The predicted molar refractivity (Wildman–Crippen MR) is 54.1 cm³/mol. The van der Waals surface area contributed by atoms with E-state index in [1.165, 1.54) is 0 Å². The van der Waals surface area contributed by atoms with E-state index in [4.69, 9.17) is 0 Å². The van der Waals surface area contributed by atoms with Crippen LogP contribution in [0.1, 0.15) is 46.1 Å². The molecule has 1 aromatic rings. The first-order valence-corrected chi connectivity index (χ1v) is 4.64. The van der Waals surface area contributed by atoms with E-state index in [0.29, 0.717) is 0 Å². The van der Waals surface area contributed by atoms with Gasteiger partial charge in [0.15, 0.2) is 0 Å². The van der Waals surface area contributed by atoms with Crippen LogP contribution in [-0.2, 0) is 5.54 Å². The smallest absolute Gasteiger partial charge is 0.267 e. The topological polar surface area (TPSA) is 37.8 Å². The minimum atomic E-state index is -0.0493. The Labute approximate surface area is 78.8 Å². The molecule has 0 saturated carbocycles. The van der Waals surface area contributed by atoms with Crippen molar-refractivity contribution in [2.75, 3.05) is 0 Å². The molecule has 0 saturated heterocycles. The van der Waals surface area contributed by atoms with Crippen LogP contribution in [0.2, 0.25) is 0 Å². The molecule has 0 fully saturated rings. The monoisotopic (exact) mass is 182 g/mol. The molecule has 0 amide bonds. The van der Waals surface area contributed by atoms with E-state index in [2.05, 4.69) is 25.9 Å². The molecule has 1 aromatic heterocycles. The molecule has 1 heterocycles. The number of nitrogens with one attached hydrogen (secondary N) is 1. The Morgan fingerprint density at radius 1 is 1.38 bits per heavy atom. The van der Waals surface area contributed by atoms with Gasteiger partial charge >= 0.3 is 0 Å². The molecule has 0 spiro atoms. The van der Waals surface area contributed by atoms with E-state index < -0.39 is 0 Å². The molecule has 3 nitrogen and oxygen atoms in total. The molecule has 1 N–H and O–H groups in total. The number of aromatic nitrogens is 2. The van der Waals surface area contributed by atoms with E-state index in [1.54, 1.807) is 0 Å². The highest BCUT2D eigenvalue weighted by Crippen LogP contribution is 2.15. The molecular weight excluding hydrogens is 164 g/mol. The zero-order valence-electron chi connectivity index (χ0n) is 9.01. The third-order valence-electron chi connectivity index (χ3n) is 2.10. The van der Waals surface area contributed by atoms with E-state index in [9.17, 15) is 4.79 Å². The minimum absolute atomic E-state index is 0.0323. The number of H-pyrrole nitrogens is 1. The number of rotatable bonds is 1. The Morgan fingerprint density at radius 3 is 2.15 bits per heavy atom. The van der Waals surface area contributed by atoms with Crippen LogP contribution in [0.4, 0.5) is 0 Å². The van der Waals surface area contributed by atoms with Crippen LogP contribution in [0, 0.1) is 0 Å². The lowest BCUT2D eigenvalue weighted by Crippen LogP contribution is -2.23. The molecular formula is C10H18N2O. The van der Waals surface area contributed by atoms with Crippen molar-refractivity contribution in [2.24, 2.45) is 0 Å². The SMILES string of the molecule is CC(C)c1cn(C(C)(C)C)[nH]c1=O. The normalized spacial score (nSPS) is 12.5. The van der Waals surface area contributed by atoms with Crippen molar-refractivity contribution < 1.29 is 0 Å². The largest absolute Gasteiger partial charge is 0.287 e. The van der Waals surface area contributed by atoms with Crippen molar-refractivity contribution in [1.82, 2.24) is 9.78 Å². The molecule has 0 aliphatic rings. The van der Waals surface area contributed by atoms with Crippen LogP contribution in [0.15, 0.2) is 11.0 Å². The maximum absolute atomic E-state index is 11.5. The van der Waals surface area contributed by atoms with Gasteiger partial charge in [-0.3, -0.25) is 14.6 Å². The highest BCUT2D eigenvalue weighted by Gasteiger charge is 2.16. The molecule has 0 bridgehead atoms. The Kier molecular flexibility index (Phi) is 2.37. The predicted octanol–water partition coefficient (Wildman–Crippen LogP) is 2.05. The zero-order valence-corrected chi connectivity index (χ0v) is 9.01. The molecule has 13 heavy (non-hydrogen) atoms. The fraction of sp³-hybridized carbons (Fsp3) is 0.700. The number of hydrogen-bond acceptors (Lipinski definition) is 1. The van der Waals surface area contributed by atoms with Gasteiger partial charge in [0.05, 0.1) is 5.54 Å². The van der Waals surface area contributed by atoms with Crippen molar-refractivity contribution in [1.29, 1.82) is 0 Å². The number of hydrogen-bond donors (Lipinski definition) is 1. The van der Waals surface area contributed by atoms with Gasteiger partial charge in [-0.2, -0.15) is 0 Å². The molecule has 1 rings (SSSR count). The summed E-state index contributed by atoms with van der Waals surface area (Å²) in [5, 5.41) is 2.83. The van der Waals surface area contributed by atoms with Crippen molar-refractivity contribution in [3.05, 3.63) is 22.1 Å². The second kappa shape index (κ2) is 3.05. The lowest BCUT2D eigenvalue weighted by Gasteiger charge is -2.19. The average Bonchev–Trinajstić information content (AvgIpc) is 2.29. The van der Waals surface area contributed by atoms with Crippen LogP contribution in [0.5, 0.6) is 0 Å². The summed E-state index contributed by atoms with van der Waals surface area (Å²) >= 11 is 0. The second-order valence-electron chi connectivity index (χ2n) is 4.72. The van der Waals surface area contributed by atoms with Gasteiger partial charge in [0.1, 0.15) is 0 Å².